The molecule has 2 fully saturated rings. The summed E-state index contributed by atoms with van der Waals surface area (Å²) in [6.45, 7) is 7.20. The molecule has 0 aromatic heterocycles. The quantitative estimate of drug-likeness (QED) is 0.725. The Kier molecular flexibility index (Phi) is 2.85. The summed E-state index contributed by atoms with van der Waals surface area (Å²) in [5.74, 6) is 0. The van der Waals surface area contributed by atoms with E-state index in [-0.39, 0.29) is 0 Å². The van der Waals surface area contributed by atoms with Gasteiger partial charge in [0.15, 0.2) is 0 Å². The van der Waals surface area contributed by atoms with E-state index in [1.807, 2.05) is 0 Å². The number of rotatable bonds is 2. The van der Waals surface area contributed by atoms with Crippen LogP contribution < -0.4 is 5.32 Å². The third kappa shape index (κ3) is 2.12. The summed E-state index contributed by atoms with van der Waals surface area (Å²) in [6.07, 6.45) is 5.68. The highest BCUT2D eigenvalue weighted by molar-refractivity contribution is 4.97. The van der Waals surface area contributed by atoms with Crippen LogP contribution in [0.5, 0.6) is 0 Å². The lowest BCUT2D eigenvalue weighted by Gasteiger charge is -2.52. The van der Waals surface area contributed by atoms with Gasteiger partial charge in [0.25, 0.3) is 0 Å². The van der Waals surface area contributed by atoms with Gasteiger partial charge >= 0.3 is 0 Å². The van der Waals surface area contributed by atoms with E-state index in [0.29, 0.717) is 6.04 Å². The molecule has 1 N–H and O–H groups in total. The first-order chi connectivity index (χ1) is 6.60. The standard InChI is InChI=1S/C12H24N2/c1-10(2)13-11-4-6-12(7-5-11)8-14(3)9-12/h10-11,13H,4-9H2,1-3H3. The van der Waals surface area contributed by atoms with Gasteiger partial charge in [-0.2, -0.15) is 0 Å². The van der Waals surface area contributed by atoms with Crippen molar-refractivity contribution in [3.63, 3.8) is 0 Å². The highest BCUT2D eigenvalue weighted by atomic mass is 15.2. The highest BCUT2D eigenvalue weighted by Gasteiger charge is 2.43. The van der Waals surface area contributed by atoms with Crippen LogP contribution in [0.2, 0.25) is 0 Å². The van der Waals surface area contributed by atoms with Crippen LogP contribution in [0, 0.1) is 5.41 Å². The van der Waals surface area contributed by atoms with Gasteiger partial charge in [0.2, 0.25) is 0 Å². The summed E-state index contributed by atoms with van der Waals surface area (Å²) in [4.78, 5) is 2.45. The Morgan fingerprint density at radius 3 is 2.21 bits per heavy atom. The minimum Gasteiger partial charge on any atom is -0.312 e. The fourth-order valence-electron chi connectivity index (χ4n) is 3.28. The fourth-order valence-corrected chi connectivity index (χ4v) is 3.28. The molecule has 1 aliphatic heterocycles. The number of hydrogen-bond acceptors (Lipinski definition) is 2. The van der Waals surface area contributed by atoms with Crippen molar-refractivity contribution in [3.8, 4) is 0 Å². The second kappa shape index (κ2) is 3.82. The maximum atomic E-state index is 3.67. The van der Waals surface area contributed by atoms with E-state index >= 15 is 0 Å². The van der Waals surface area contributed by atoms with E-state index in [1.165, 1.54) is 38.8 Å². The lowest BCUT2D eigenvalue weighted by molar-refractivity contribution is -0.0166. The normalized spacial score (nSPS) is 28.3. The van der Waals surface area contributed by atoms with Crippen LogP contribution >= 0.6 is 0 Å². The van der Waals surface area contributed by atoms with Crippen molar-refractivity contribution in [2.45, 2.75) is 51.6 Å². The average Bonchev–Trinajstić information content (AvgIpc) is 2.05. The van der Waals surface area contributed by atoms with Crippen LogP contribution in [0.1, 0.15) is 39.5 Å². The minimum absolute atomic E-state index is 0.651. The van der Waals surface area contributed by atoms with Crippen LogP contribution in [0.4, 0.5) is 0 Å². The first-order valence-electron chi connectivity index (χ1n) is 6.04. The van der Waals surface area contributed by atoms with Crippen molar-refractivity contribution in [1.29, 1.82) is 0 Å². The van der Waals surface area contributed by atoms with Crippen LogP contribution in [0.15, 0.2) is 0 Å². The highest BCUT2D eigenvalue weighted by Crippen LogP contribution is 2.43. The zero-order valence-corrected chi connectivity index (χ0v) is 9.84. The molecule has 1 saturated carbocycles. The smallest absolute Gasteiger partial charge is 0.00698 e. The Labute approximate surface area is 88.1 Å². The molecule has 2 heteroatoms. The second-order valence-electron chi connectivity index (χ2n) is 5.77. The molecule has 1 spiro atoms. The van der Waals surface area contributed by atoms with Crippen LogP contribution in [-0.2, 0) is 0 Å². The van der Waals surface area contributed by atoms with E-state index < -0.39 is 0 Å². The third-order valence-electron chi connectivity index (χ3n) is 3.83. The molecule has 0 bridgehead atoms. The molecule has 1 heterocycles. The molecular weight excluding hydrogens is 172 g/mol. The van der Waals surface area contributed by atoms with Gasteiger partial charge in [-0.25, -0.2) is 0 Å². The maximum Gasteiger partial charge on any atom is 0.00698 e. The molecule has 0 aromatic carbocycles. The molecule has 0 aromatic rings. The zero-order chi connectivity index (χ0) is 10.2. The van der Waals surface area contributed by atoms with Gasteiger partial charge in [0.1, 0.15) is 0 Å². The van der Waals surface area contributed by atoms with Gasteiger partial charge in [-0.05, 0) is 38.1 Å². The second-order valence-corrected chi connectivity index (χ2v) is 5.77. The van der Waals surface area contributed by atoms with Gasteiger partial charge < -0.3 is 10.2 Å². The SMILES string of the molecule is CC(C)NC1CCC2(CC1)CN(C)C2. The number of likely N-dealkylation sites (tertiary alicyclic amines) is 1. The van der Waals surface area contributed by atoms with Gasteiger partial charge in [-0.1, -0.05) is 13.8 Å². The predicted molar refractivity (Wildman–Crippen MR) is 60.5 cm³/mol. The Morgan fingerprint density at radius 1 is 1.21 bits per heavy atom. The summed E-state index contributed by atoms with van der Waals surface area (Å²) in [5.41, 5.74) is 0.726. The van der Waals surface area contributed by atoms with Crippen LogP contribution in [-0.4, -0.2) is 37.1 Å². The molecule has 2 aliphatic rings. The predicted octanol–water partition coefficient (Wildman–Crippen LogP) is 1.86. The first kappa shape index (κ1) is 10.4. The summed E-state index contributed by atoms with van der Waals surface area (Å²) in [5, 5.41) is 3.67. The van der Waals surface area contributed by atoms with Crippen molar-refractivity contribution in [3.05, 3.63) is 0 Å². The maximum absolute atomic E-state index is 3.67. The molecule has 0 atom stereocenters. The molecule has 0 radical (unpaired) electrons. The molecule has 1 aliphatic carbocycles. The molecule has 0 amide bonds. The lowest BCUT2D eigenvalue weighted by Crippen LogP contribution is -2.57. The van der Waals surface area contributed by atoms with Crippen LogP contribution in [0.3, 0.4) is 0 Å². The van der Waals surface area contributed by atoms with Gasteiger partial charge in [-0.15, -0.1) is 0 Å². The van der Waals surface area contributed by atoms with E-state index in [4.69, 9.17) is 0 Å². The van der Waals surface area contributed by atoms with E-state index in [2.05, 4.69) is 31.1 Å². The summed E-state index contributed by atoms with van der Waals surface area (Å²) in [6, 6.07) is 1.45. The molecule has 14 heavy (non-hydrogen) atoms. The van der Waals surface area contributed by atoms with Crippen molar-refractivity contribution in [2.24, 2.45) is 5.41 Å². The molecule has 0 unspecified atom stereocenters. The number of nitrogens with zero attached hydrogens (tertiary/aromatic N) is 1. The van der Waals surface area contributed by atoms with Gasteiger partial charge in [0, 0.05) is 25.2 Å². The Hall–Kier alpha value is -0.0800. The molecule has 2 rings (SSSR count). The number of hydrogen-bond donors (Lipinski definition) is 1. The third-order valence-corrected chi connectivity index (χ3v) is 3.83. The minimum atomic E-state index is 0.651. The molecule has 82 valence electrons. The summed E-state index contributed by atoms with van der Waals surface area (Å²) in [7, 11) is 2.24. The fraction of sp³-hybridized carbons (Fsp3) is 1.00. The van der Waals surface area contributed by atoms with E-state index in [0.717, 1.165) is 11.5 Å². The Bertz CT molecular complexity index is 184. The van der Waals surface area contributed by atoms with E-state index in [9.17, 15) is 0 Å². The molecule has 1 saturated heterocycles. The van der Waals surface area contributed by atoms with Gasteiger partial charge in [-0.3, -0.25) is 0 Å². The lowest BCUT2D eigenvalue weighted by atomic mass is 9.67. The largest absolute Gasteiger partial charge is 0.312 e. The first-order valence-corrected chi connectivity index (χ1v) is 6.04. The monoisotopic (exact) mass is 196 g/mol. The Balaban J connectivity index is 1.75. The van der Waals surface area contributed by atoms with Crippen molar-refractivity contribution >= 4 is 0 Å². The van der Waals surface area contributed by atoms with Crippen LogP contribution in [0.25, 0.3) is 0 Å². The topological polar surface area (TPSA) is 15.3 Å². The average molecular weight is 196 g/mol. The summed E-state index contributed by atoms with van der Waals surface area (Å²) < 4.78 is 0. The van der Waals surface area contributed by atoms with Gasteiger partial charge in [0.05, 0.1) is 0 Å². The molecule has 2 nitrogen and oxygen atoms in total. The zero-order valence-electron chi connectivity index (χ0n) is 9.84. The summed E-state index contributed by atoms with van der Waals surface area (Å²) >= 11 is 0. The molecular formula is C12H24N2. The Morgan fingerprint density at radius 2 is 1.79 bits per heavy atom. The van der Waals surface area contributed by atoms with Crippen molar-refractivity contribution in [1.82, 2.24) is 10.2 Å². The van der Waals surface area contributed by atoms with Crippen molar-refractivity contribution in [2.75, 3.05) is 20.1 Å². The number of nitrogens with one attached hydrogen (secondary N) is 1. The van der Waals surface area contributed by atoms with Crippen molar-refractivity contribution < 1.29 is 0 Å². The van der Waals surface area contributed by atoms with E-state index in [1.54, 1.807) is 0 Å².